The van der Waals surface area contributed by atoms with Crippen LogP contribution in [0.1, 0.15) is 18.4 Å². The number of carbonyl (C=O) groups excluding carboxylic acids is 1. The predicted molar refractivity (Wildman–Crippen MR) is 68.5 cm³/mol. The highest BCUT2D eigenvalue weighted by Crippen LogP contribution is 2.46. The van der Waals surface area contributed by atoms with Crippen LogP contribution in [0.15, 0.2) is 18.2 Å². The van der Waals surface area contributed by atoms with Gasteiger partial charge in [-0.2, -0.15) is 0 Å². The van der Waals surface area contributed by atoms with E-state index in [1.165, 1.54) is 12.1 Å². The van der Waals surface area contributed by atoms with Gasteiger partial charge in [0.1, 0.15) is 0 Å². The summed E-state index contributed by atoms with van der Waals surface area (Å²) in [4.78, 5) is 11.7. The molecule has 1 aromatic rings. The summed E-state index contributed by atoms with van der Waals surface area (Å²) >= 11 is 3.41. The number of hydrogen-bond acceptors (Lipinski definition) is 1. The molecular weight excluding hydrogens is 304 g/mol. The Kier molecular flexibility index (Phi) is 4.00. The third-order valence-corrected chi connectivity index (χ3v) is 4.47. The van der Waals surface area contributed by atoms with Gasteiger partial charge in [-0.25, -0.2) is 8.78 Å². The molecule has 0 unspecified atom stereocenters. The zero-order chi connectivity index (χ0) is 13.2. The van der Waals surface area contributed by atoms with Gasteiger partial charge < -0.3 is 5.32 Å². The molecule has 1 aromatic carbocycles. The van der Waals surface area contributed by atoms with Crippen molar-refractivity contribution in [2.75, 3.05) is 11.9 Å². The van der Waals surface area contributed by atoms with Crippen LogP contribution in [-0.4, -0.2) is 17.8 Å². The highest BCUT2D eigenvalue weighted by Gasteiger charge is 2.41. The summed E-state index contributed by atoms with van der Waals surface area (Å²) in [5.74, 6) is -2.12. The molecule has 0 radical (unpaired) electrons. The Balaban J connectivity index is 1.89. The molecule has 98 valence electrons. The number of alkyl halides is 1. The standard InChI is InChI=1S/C13H14BrF2NO/c14-7-13(4-5-13)8-17-11(18)6-9-2-1-3-10(15)12(9)16/h1-3H,4-8H2,(H,17,18). The number of benzene rings is 1. The molecule has 1 amide bonds. The van der Waals surface area contributed by atoms with Gasteiger partial charge in [0.2, 0.25) is 5.91 Å². The largest absolute Gasteiger partial charge is 0.355 e. The summed E-state index contributed by atoms with van der Waals surface area (Å²) in [7, 11) is 0. The lowest BCUT2D eigenvalue weighted by atomic mass is 10.1. The Bertz CT molecular complexity index is 460. The van der Waals surface area contributed by atoms with Crippen molar-refractivity contribution in [1.29, 1.82) is 0 Å². The van der Waals surface area contributed by atoms with Crippen LogP contribution in [-0.2, 0) is 11.2 Å². The van der Waals surface area contributed by atoms with Gasteiger partial charge in [0, 0.05) is 17.4 Å². The molecule has 0 aliphatic heterocycles. The van der Waals surface area contributed by atoms with E-state index < -0.39 is 11.6 Å². The Morgan fingerprint density at radius 3 is 2.72 bits per heavy atom. The average molecular weight is 318 g/mol. The average Bonchev–Trinajstić information content (AvgIpc) is 3.13. The molecule has 1 N–H and O–H groups in total. The van der Waals surface area contributed by atoms with Crippen LogP contribution in [0.2, 0.25) is 0 Å². The van der Waals surface area contributed by atoms with Gasteiger partial charge in [0.05, 0.1) is 6.42 Å². The second kappa shape index (κ2) is 5.34. The molecule has 0 spiro atoms. The number of halogens is 3. The topological polar surface area (TPSA) is 29.1 Å². The lowest BCUT2D eigenvalue weighted by Gasteiger charge is -2.12. The first-order valence-electron chi connectivity index (χ1n) is 5.82. The molecule has 18 heavy (non-hydrogen) atoms. The summed E-state index contributed by atoms with van der Waals surface area (Å²) in [5, 5.41) is 3.63. The van der Waals surface area contributed by atoms with Crippen molar-refractivity contribution in [1.82, 2.24) is 5.32 Å². The molecule has 1 aliphatic carbocycles. The fourth-order valence-electron chi connectivity index (χ4n) is 1.74. The van der Waals surface area contributed by atoms with E-state index >= 15 is 0 Å². The maximum atomic E-state index is 13.4. The minimum Gasteiger partial charge on any atom is -0.355 e. The van der Waals surface area contributed by atoms with Gasteiger partial charge in [0.25, 0.3) is 0 Å². The van der Waals surface area contributed by atoms with Crippen LogP contribution >= 0.6 is 15.9 Å². The van der Waals surface area contributed by atoms with Crippen molar-refractivity contribution in [3.8, 4) is 0 Å². The minimum atomic E-state index is -0.936. The second-order valence-electron chi connectivity index (χ2n) is 4.80. The van der Waals surface area contributed by atoms with Crippen LogP contribution in [0, 0.1) is 17.0 Å². The number of nitrogens with one attached hydrogen (secondary N) is 1. The van der Waals surface area contributed by atoms with Crippen molar-refractivity contribution >= 4 is 21.8 Å². The first kappa shape index (κ1) is 13.5. The van der Waals surface area contributed by atoms with Crippen LogP contribution in [0.25, 0.3) is 0 Å². The first-order chi connectivity index (χ1) is 8.56. The normalized spacial score (nSPS) is 16.4. The summed E-state index contributed by atoms with van der Waals surface area (Å²) in [6, 6.07) is 3.87. The van der Waals surface area contributed by atoms with E-state index in [0.29, 0.717) is 6.54 Å². The molecule has 0 atom stereocenters. The van der Waals surface area contributed by atoms with E-state index in [1.54, 1.807) is 0 Å². The molecule has 2 rings (SSSR count). The Labute approximate surface area is 113 Å². The molecule has 0 aromatic heterocycles. The molecule has 2 nitrogen and oxygen atoms in total. The summed E-state index contributed by atoms with van der Waals surface area (Å²) in [6.45, 7) is 0.591. The maximum Gasteiger partial charge on any atom is 0.224 e. The van der Waals surface area contributed by atoms with E-state index in [0.717, 1.165) is 24.2 Å². The highest BCUT2D eigenvalue weighted by molar-refractivity contribution is 9.09. The zero-order valence-electron chi connectivity index (χ0n) is 9.81. The monoisotopic (exact) mass is 317 g/mol. The van der Waals surface area contributed by atoms with E-state index in [9.17, 15) is 13.6 Å². The van der Waals surface area contributed by atoms with Gasteiger partial charge in [-0.3, -0.25) is 4.79 Å². The highest BCUT2D eigenvalue weighted by atomic mass is 79.9. The summed E-state index contributed by atoms with van der Waals surface area (Å²) in [6.07, 6.45) is 2.06. The van der Waals surface area contributed by atoms with E-state index in [-0.39, 0.29) is 23.3 Å². The number of rotatable bonds is 5. The maximum absolute atomic E-state index is 13.4. The lowest BCUT2D eigenvalue weighted by Crippen LogP contribution is -2.32. The zero-order valence-corrected chi connectivity index (χ0v) is 11.4. The third-order valence-electron chi connectivity index (χ3n) is 3.28. The molecule has 1 fully saturated rings. The Hall–Kier alpha value is -0.970. The van der Waals surface area contributed by atoms with Crippen molar-refractivity contribution < 1.29 is 13.6 Å². The fraction of sp³-hybridized carbons (Fsp3) is 0.462. The molecule has 5 heteroatoms. The second-order valence-corrected chi connectivity index (χ2v) is 5.36. The van der Waals surface area contributed by atoms with Crippen molar-refractivity contribution in [2.45, 2.75) is 19.3 Å². The van der Waals surface area contributed by atoms with Gasteiger partial charge in [-0.05, 0) is 24.3 Å². The van der Waals surface area contributed by atoms with Crippen molar-refractivity contribution in [3.63, 3.8) is 0 Å². The minimum absolute atomic E-state index is 0.0937. The summed E-state index contributed by atoms with van der Waals surface area (Å²) in [5.41, 5.74) is 0.270. The smallest absolute Gasteiger partial charge is 0.224 e. The number of hydrogen-bond donors (Lipinski definition) is 1. The van der Waals surface area contributed by atoms with Crippen LogP contribution in [0.4, 0.5) is 8.78 Å². The first-order valence-corrected chi connectivity index (χ1v) is 6.94. The van der Waals surface area contributed by atoms with Gasteiger partial charge in [0.15, 0.2) is 11.6 Å². The number of amides is 1. The van der Waals surface area contributed by atoms with Crippen molar-refractivity contribution in [3.05, 3.63) is 35.4 Å². The van der Waals surface area contributed by atoms with Crippen LogP contribution < -0.4 is 5.32 Å². The SMILES string of the molecule is O=C(Cc1cccc(F)c1F)NCC1(CBr)CC1. The number of carbonyl (C=O) groups is 1. The predicted octanol–water partition coefficient (Wildman–Crippen LogP) is 2.80. The molecule has 0 heterocycles. The fourth-order valence-corrected chi connectivity index (χ4v) is 2.50. The van der Waals surface area contributed by atoms with Crippen LogP contribution in [0.5, 0.6) is 0 Å². The molecule has 0 bridgehead atoms. The molecule has 1 saturated carbocycles. The molecule has 0 saturated heterocycles. The van der Waals surface area contributed by atoms with Gasteiger partial charge in [-0.15, -0.1) is 0 Å². The van der Waals surface area contributed by atoms with Crippen LogP contribution in [0.3, 0.4) is 0 Å². The van der Waals surface area contributed by atoms with Crippen molar-refractivity contribution in [2.24, 2.45) is 5.41 Å². The van der Waals surface area contributed by atoms with E-state index in [2.05, 4.69) is 21.2 Å². The lowest BCUT2D eigenvalue weighted by molar-refractivity contribution is -0.120. The molecule has 1 aliphatic rings. The third kappa shape index (κ3) is 3.07. The quantitative estimate of drug-likeness (QED) is 0.831. The Morgan fingerprint density at radius 1 is 1.39 bits per heavy atom. The van der Waals surface area contributed by atoms with E-state index in [4.69, 9.17) is 0 Å². The van der Waals surface area contributed by atoms with Gasteiger partial charge in [-0.1, -0.05) is 28.1 Å². The van der Waals surface area contributed by atoms with Gasteiger partial charge >= 0.3 is 0 Å². The molecular formula is C13H14BrF2NO. The summed E-state index contributed by atoms with van der Waals surface area (Å²) < 4.78 is 26.3. The van der Waals surface area contributed by atoms with E-state index in [1.807, 2.05) is 0 Å². The Morgan fingerprint density at radius 2 is 2.11 bits per heavy atom.